The summed E-state index contributed by atoms with van der Waals surface area (Å²) in [5.41, 5.74) is 8.91. The number of halogens is 3. The Hall–Kier alpha value is -3.40. The van der Waals surface area contributed by atoms with Gasteiger partial charge in [-0.3, -0.25) is 4.79 Å². The summed E-state index contributed by atoms with van der Waals surface area (Å²) in [5.74, 6) is 0.674. The molecule has 0 bridgehead atoms. The molecule has 7 rings (SSSR count). The number of aryl methyl sites for hydroxylation is 2. The van der Waals surface area contributed by atoms with Crippen LogP contribution in [0.25, 0.3) is 11.6 Å². The summed E-state index contributed by atoms with van der Waals surface area (Å²) in [6.45, 7) is 1.15. The Kier molecular flexibility index (Phi) is 12.6. The van der Waals surface area contributed by atoms with Crippen molar-refractivity contribution in [2.45, 2.75) is 81.9 Å². The average Bonchev–Trinajstić information content (AvgIpc) is 3.88. The van der Waals surface area contributed by atoms with E-state index in [1.54, 1.807) is 24.3 Å². The highest BCUT2D eigenvalue weighted by Crippen LogP contribution is 2.41. The minimum absolute atomic E-state index is 0.00141. The molecule has 0 radical (unpaired) electrons. The third-order valence-corrected chi connectivity index (χ3v) is 13.7. The number of hydrogen-bond donors (Lipinski definition) is 3. The van der Waals surface area contributed by atoms with Crippen LogP contribution < -0.4 is 19.7 Å². The van der Waals surface area contributed by atoms with Gasteiger partial charge in [-0.2, -0.15) is 0 Å². The van der Waals surface area contributed by atoms with E-state index in [0.29, 0.717) is 33.4 Å². The predicted molar refractivity (Wildman–Crippen MR) is 232 cm³/mol. The molecule has 0 aromatic heterocycles. The van der Waals surface area contributed by atoms with Crippen LogP contribution in [0.2, 0.25) is 0 Å². The van der Waals surface area contributed by atoms with Crippen LogP contribution in [0.5, 0.6) is 11.5 Å². The molecule has 0 saturated heterocycles. The van der Waals surface area contributed by atoms with E-state index in [-0.39, 0.29) is 16.6 Å². The van der Waals surface area contributed by atoms with E-state index in [1.165, 1.54) is 23.3 Å². The molecule has 9 nitrogen and oxygen atoms in total. The van der Waals surface area contributed by atoms with Gasteiger partial charge in [-0.1, -0.05) is 31.7 Å². The van der Waals surface area contributed by atoms with Crippen LogP contribution in [0.3, 0.4) is 0 Å². The summed E-state index contributed by atoms with van der Waals surface area (Å²) in [6, 6.07) is 17.3. The van der Waals surface area contributed by atoms with Crippen LogP contribution in [0.15, 0.2) is 74.5 Å². The van der Waals surface area contributed by atoms with Crippen molar-refractivity contribution in [1.29, 1.82) is 0 Å². The molecule has 0 fully saturated rings. The van der Waals surface area contributed by atoms with Crippen molar-refractivity contribution >= 4 is 99.4 Å². The first kappa shape index (κ1) is 39.8. The quantitative estimate of drug-likeness (QED) is 0.0657. The number of anilines is 2. The van der Waals surface area contributed by atoms with Gasteiger partial charge in [-0.05, 0) is 194 Å². The van der Waals surface area contributed by atoms with Gasteiger partial charge in [-0.15, -0.1) is 0 Å². The lowest BCUT2D eigenvalue weighted by Crippen LogP contribution is -2.35. The highest BCUT2D eigenvalue weighted by Gasteiger charge is 2.32. The van der Waals surface area contributed by atoms with Crippen LogP contribution in [-0.2, 0) is 40.5 Å². The number of hydrogen-bond acceptors (Lipinski definition) is 6. The van der Waals surface area contributed by atoms with Gasteiger partial charge in [0.25, 0.3) is 15.9 Å². The van der Waals surface area contributed by atoms with Crippen molar-refractivity contribution < 1.29 is 27.9 Å². The number of phenolic OH excluding ortho intramolecular Hbond substituents is 1. The average molecular weight is 1000 g/mol. The monoisotopic (exact) mass is 1000 g/mol. The van der Waals surface area contributed by atoms with Gasteiger partial charge in [0.1, 0.15) is 11.5 Å². The second-order valence-corrected chi connectivity index (χ2v) is 18.9. The number of fused-ring (bicyclic) bond motifs is 3. The second-order valence-electron chi connectivity index (χ2n) is 14.2. The van der Waals surface area contributed by atoms with Crippen LogP contribution in [0.4, 0.5) is 16.2 Å². The molecule has 4 aromatic carbocycles. The van der Waals surface area contributed by atoms with E-state index < -0.39 is 16.1 Å². The minimum Gasteiger partial charge on any atom is -0.506 e. The highest BCUT2D eigenvalue weighted by molar-refractivity contribution is 14.1. The maximum absolute atomic E-state index is 13.6. The van der Waals surface area contributed by atoms with Gasteiger partial charge >= 0.3 is 6.03 Å². The lowest BCUT2D eigenvalue weighted by atomic mass is 9.99. The lowest BCUT2D eigenvalue weighted by molar-refractivity contribution is -0.113. The molecule has 3 amide bonds. The van der Waals surface area contributed by atoms with Crippen molar-refractivity contribution in [2.24, 2.45) is 0 Å². The smallest absolute Gasteiger partial charge is 0.333 e. The number of benzene rings is 4. The number of nitrogens with zero attached hydrogens (tertiary/aromatic N) is 1. The molecular weight excluding hydrogens is 961 g/mol. The van der Waals surface area contributed by atoms with E-state index in [2.05, 4.69) is 70.6 Å². The SMILES string of the molecule is O=C(Nc1c2c(cc3c1CCC3)CCC2)NS(=O)(=O)c1ccc(OCCCCCCCCN2C(=O)/C(=C/c3cc(Br)c(O)c(Br)c3)c3cc(I)ccc32)cc1. The van der Waals surface area contributed by atoms with Gasteiger partial charge in [-0.25, -0.2) is 17.9 Å². The first-order valence-electron chi connectivity index (χ1n) is 18.7. The molecule has 3 aliphatic rings. The second kappa shape index (κ2) is 17.4. The number of ether oxygens (including phenoxy) is 1. The molecule has 288 valence electrons. The number of phenols is 1. The van der Waals surface area contributed by atoms with Crippen LogP contribution in [0, 0.1) is 3.57 Å². The third-order valence-electron chi connectivity index (χ3n) is 10.5. The summed E-state index contributed by atoms with van der Waals surface area (Å²) in [5, 5.41) is 13.0. The Morgan fingerprint density at radius 2 is 1.49 bits per heavy atom. The highest BCUT2D eigenvalue weighted by atomic mass is 127. The van der Waals surface area contributed by atoms with Gasteiger partial charge in [0, 0.05) is 26.9 Å². The van der Waals surface area contributed by atoms with Gasteiger partial charge < -0.3 is 20.1 Å². The lowest BCUT2D eigenvalue weighted by Gasteiger charge is -2.17. The molecule has 1 aliphatic heterocycles. The van der Waals surface area contributed by atoms with E-state index in [4.69, 9.17) is 4.74 Å². The molecule has 13 heteroatoms. The zero-order chi connectivity index (χ0) is 38.7. The third kappa shape index (κ3) is 9.10. The Morgan fingerprint density at radius 3 is 2.16 bits per heavy atom. The largest absolute Gasteiger partial charge is 0.506 e. The molecule has 3 N–H and O–H groups in total. The maximum atomic E-state index is 13.6. The molecule has 55 heavy (non-hydrogen) atoms. The molecule has 0 atom stereocenters. The Balaban J connectivity index is 0.826. The summed E-state index contributed by atoms with van der Waals surface area (Å²) < 4.78 is 36.3. The number of unbranched alkanes of at least 4 members (excludes halogenated alkanes) is 5. The Bertz CT molecular complexity index is 2220. The van der Waals surface area contributed by atoms with Crippen molar-refractivity contribution in [3.63, 3.8) is 0 Å². The van der Waals surface area contributed by atoms with Crippen molar-refractivity contribution in [1.82, 2.24) is 4.72 Å². The van der Waals surface area contributed by atoms with Crippen LogP contribution >= 0.6 is 54.5 Å². The first-order valence-corrected chi connectivity index (χ1v) is 22.9. The Labute approximate surface area is 352 Å². The number of nitrogens with one attached hydrogen (secondary N) is 2. The summed E-state index contributed by atoms with van der Waals surface area (Å²) in [7, 11) is -4.06. The van der Waals surface area contributed by atoms with E-state index in [1.807, 2.05) is 29.2 Å². The predicted octanol–water partition coefficient (Wildman–Crippen LogP) is 10.3. The molecule has 0 unspecified atom stereocenters. The number of sulfonamides is 1. The zero-order valence-corrected chi connectivity index (χ0v) is 36.4. The maximum Gasteiger partial charge on any atom is 0.333 e. The Morgan fingerprint density at radius 1 is 0.855 bits per heavy atom. The van der Waals surface area contributed by atoms with Gasteiger partial charge in [0.2, 0.25) is 0 Å². The van der Waals surface area contributed by atoms with Crippen LogP contribution in [0.1, 0.15) is 84.7 Å². The van der Waals surface area contributed by atoms with Crippen LogP contribution in [-0.4, -0.2) is 38.6 Å². The number of urea groups is 1. The number of amides is 3. The first-order chi connectivity index (χ1) is 26.5. The number of carbonyl (C=O) groups is 2. The van der Waals surface area contributed by atoms with Gasteiger partial charge in [0.15, 0.2) is 0 Å². The molecule has 0 spiro atoms. The fourth-order valence-corrected chi connectivity index (χ4v) is 10.4. The van der Waals surface area contributed by atoms with E-state index in [9.17, 15) is 23.1 Å². The van der Waals surface area contributed by atoms with Crippen molar-refractivity contribution in [3.8, 4) is 11.5 Å². The molecule has 2 aliphatic carbocycles. The summed E-state index contributed by atoms with van der Waals surface area (Å²) in [6.07, 6.45) is 13.6. The fourth-order valence-electron chi connectivity index (χ4n) is 7.80. The molecule has 1 heterocycles. The van der Waals surface area contributed by atoms with Crippen molar-refractivity contribution in [3.05, 3.63) is 107 Å². The summed E-state index contributed by atoms with van der Waals surface area (Å²) in [4.78, 5) is 28.4. The normalized spacial score (nSPS) is 15.3. The van der Waals surface area contributed by atoms with E-state index >= 15 is 0 Å². The fraction of sp³-hybridized carbons (Fsp3) is 0.333. The minimum atomic E-state index is -4.06. The number of rotatable bonds is 14. The van der Waals surface area contributed by atoms with E-state index in [0.717, 1.165) is 114 Å². The number of aromatic hydroxyl groups is 1. The number of carbonyl (C=O) groups excluding carboxylic acids is 2. The standard InChI is InChI=1S/C42H42Br2IN3O6S/c43-36-22-26(23-37(44)40(36)49)21-35-34-25-29(45)13-18-38(34)48(41(35)50)19-5-3-1-2-4-6-20-54-30-14-16-31(17-15-30)55(52,53)47-42(51)46-39-32-11-7-9-27(32)24-28-10-8-12-33(28)39/h13-18,21-25,49H,1-12,19-20H2,(H2,46,47,51)/b35-21+. The van der Waals surface area contributed by atoms with Gasteiger partial charge in [0.05, 0.1) is 26.1 Å². The zero-order valence-electron chi connectivity index (χ0n) is 30.2. The summed E-state index contributed by atoms with van der Waals surface area (Å²) >= 11 is 9.04. The van der Waals surface area contributed by atoms with Crippen molar-refractivity contribution in [2.75, 3.05) is 23.4 Å². The molecule has 0 saturated carbocycles. The molecular formula is C42H42Br2IN3O6S. The topological polar surface area (TPSA) is 125 Å². The molecule has 4 aromatic rings.